The van der Waals surface area contributed by atoms with Crippen LogP contribution in [0.5, 0.6) is 0 Å². The Morgan fingerprint density at radius 2 is 2.00 bits per heavy atom. The SMILES string of the molecule is CSC1(CNC(=O)NCC(C)(O)C(=O)O)CCC1. The fraction of sp³-hybridized carbons (Fsp3) is 0.818. The van der Waals surface area contributed by atoms with Gasteiger partial charge in [-0.15, -0.1) is 0 Å². The van der Waals surface area contributed by atoms with E-state index in [1.165, 1.54) is 6.42 Å². The van der Waals surface area contributed by atoms with Crippen molar-refractivity contribution in [3.05, 3.63) is 0 Å². The van der Waals surface area contributed by atoms with Crippen LogP contribution in [0.15, 0.2) is 0 Å². The fourth-order valence-electron chi connectivity index (χ4n) is 1.66. The van der Waals surface area contributed by atoms with E-state index in [1.54, 1.807) is 11.8 Å². The van der Waals surface area contributed by atoms with Crippen molar-refractivity contribution in [1.82, 2.24) is 10.6 Å². The van der Waals surface area contributed by atoms with Crippen molar-refractivity contribution >= 4 is 23.8 Å². The van der Waals surface area contributed by atoms with Gasteiger partial charge in [-0.25, -0.2) is 9.59 Å². The lowest BCUT2D eigenvalue weighted by Crippen LogP contribution is -2.52. The summed E-state index contributed by atoms with van der Waals surface area (Å²) in [6, 6.07) is -0.447. The smallest absolute Gasteiger partial charge is 0.337 e. The largest absolute Gasteiger partial charge is 0.479 e. The maximum Gasteiger partial charge on any atom is 0.337 e. The summed E-state index contributed by atoms with van der Waals surface area (Å²) in [4.78, 5) is 22.1. The van der Waals surface area contributed by atoms with Crippen molar-refractivity contribution in [3.63, 3.8) is 0 Å². The molecule has 1 atom stereocenters. The molecule has 1 saturated carbocycles. The number of hydrogen-bond acceptors (Lipinski definition) is 4. The van der Waals surface area contributed by atoms with Gasteiger partial charge in [0.05, 0.1) is 6.54 Å². The highest BCUT2D eigenvalue weighted by Crippen LogP contribution is 2.42. The number of amides is 2. The van der Waals surface area contributed by atoms with E-state index in [2.05, 4.69) is 10.6 Å². The third kappa shape index (κ3) is 3.78. The van der Waals surface area contributed by atoms with E-state index in [4.69, 9.17) is 5.11 Å². The summed E-state index contributed by atoms with van der Waals surface area (Å²) in [5.41, 5.74) is -1.94. The number of carboxylic acids is 1. The molecular weight excluding hydrogens is 256 g/mol. The number of thioether (sulfide) groups is 1. The monoisotopic (exact) mass is 276 g/mol. The molecule has 0 heterocycles. The van der Waals surface area contributed by atoms with Crippen molar-refractivity contribution in [3.8, 4) is 0 Å². The van der Waals surface area contributed by atoms with Gasteiger partial charge in [0, 0.05) is 11.3 Å². The second kappa shape index (κ2) is 5.79. The van der Waals surface area contributed by atoms with Crippen LogP contribution in [0.1, 0.15) is 26.2 Å². The lowest BCUT2D eigenvalue weighted by atomic mass is 9.84. The average molecular weight is 276 g/mol. The molecule has 7 heteroatoms. The third-order valence-electron chi connectivity index (χ3n) is 3.32. The van der Waals surface area contributed by atoms with E-state index in [0.29, 0.717) is 6.54 Å². The second-order valence-electron chi connectivity index (χ2n) is 4.86. The molecule has 0 aliphatic heterocycles. The number of aliphatic carboxylic acids is 1. The van der Waals surface area contributed by atoms with E-state index in [-0.39, 0.29) is 11.3 Å². The first-order valence-electron chi connectivity index (χ1n) is 5.84. The number of rotatable bonds is 6. The zero-order valence-electron chi connectivity index (χ0n) is 10.7. The highest BCUT2D eigenvalue weighted by molar-refractivity contribution is 8.00. The number of carbonyl (C=O) groups excluding carboxylic acids is 1. The minimum atomic E-state index is -1.94. The van der Waals surface area contributed by atoms with Gasteiger partial charge in [-0.2, -0.15) is 11.8 Å². The summed E-state index contributed by atoms with van der Waals surface area (Å²) < 4.78 is 0.132. The Bertz CT molecular complexity index is 323. The summed E-state index contributed by atoms with van der Waals surface area (Å²) in [5.74, 6) is -1.36. The zero-order valence-corrected chi connectivity index (χ0v) is 11.5. The number of aliphatic hydroxyl groups is 1. The minimum Gasteiger partial charge on any atom is -0.479 e. The number of hydrogen-bond donors (Lipinski definition) is 4. The summed E-state index contributed by atoms with van der Waals surface area (Å²) >= 11 is 1.74. The van der Waals surface area contributed by atoms with Crippen LogP contribution < -0.4 is 10.6 Å². The number of urea groups is 1. The average Bonchev–Trinajstić information content (AvgIpc) is 2.25. The first-order chi connectivity index (χ1) is 8.31. The van der Waals surface area contributed by atoms with Crippen molar-refractivity contribution in [2.24, 2.45) is 0 Å². The Morgan fingerprint density at radius 3 is 2.39 bits per heavy atom. The summed E-state index contributed by atoms with van der Waals surface area (Å²) in [6.45, 7) is 1.39. The van der Waals surface area contributed by atoms with E-state index in [0.717, 1.165) is 19.8 Å². The maximum atomic E-state index is 11.5. The van der Waals surface area contributed by atoms with Crippen LogP contribution >= 0.6 is 11.8 Å². The Hall–Kier alpha value is -0.950. The standard InChI is InChI=1S/C11H20N2O4S/c1-10(17,8(14)15)6-12-9(16)13-7-11(18-2)4-3-5-11/h17H,3-7H2,1-2H3,(H,14,15)(H2,12,13,16). The van der Waals surface area contributed by atoms with Gasteiger partial charge in [-0.3, -0.25) is 0 Å². The van der Waals surface area contributed by atoms with Crippen molar-refractivity contribution in [1.29, 1.82) is 0 Å². The minimum absolute atomic E-state index is 0.132. The normalized spacial score (nSPS) is 20.4. The number of carboxylic acid groups (broad SMARTS) is 1. The molecule has 1 aliphatic carbocycles. The molecule has 0 bridgehead atoms. The van der Waals surface area contributed by atoms with E-state index in [1.807, 2.05) is 6.26 Å². The topological polar surface area (TPSA) is 98.7 Å². The Balaban J connectivity index is 2.28. The molecule has 1 rings (SSSR count). The quantitative estimate of drug-likeness (QED) is 0.563. The van der Waals surface area contributed by atoms with Crippen LogP contribution in [-0.4, -0.2) is 51.9 Å². The molecule has 1 aliphatic rings. The Labute approximate surface area is 111 Å². The zero-order chi connectivity index (χ0) is 13.8. The Morgan fingerprint density at radius 1 is 1.39 bits per heavy atom. The molecule has 1 fully saturated rings. The first-order valence-corrected chi connectivity index (χ1v) is 7.06. The van der Waals surface area contributed by atoms with Gasteiger partial charge in [0.2, 0.25) is 0 Å². The van der Waals surface area contributed by atoms with Crippen molar-refractivity contribution < 1.29 is 19.8 Å². The molecule has 6 nitrogen and oxygen atoms in total. The van der Waals surface area contributed by atoms with E-state index in [9.17, 15) is 14.7 Å². The van der Waals surface area contributed by atoms with E-state index >= 15 is 0 Å². The summed E-state index contributed by atoms with van der Waals surface area (Å²) in [7, 11) is 0. The van der Waals surface area contributed by atoms with Gasteiger partial charge >= 0.3 is 12.0 Å². The molecule has 2 amide bonds. The molecule has 0 saturated heterocycles. The predicted molar refractivity (Wildman–Crippen MR) is 69.8 cm³/mol. The number of nitrogens with one attached hydrogen (secondary N) is 2. The Kier molecular flexibility index (Phi) is 4.86. The molecule has 0 aromatic rings. The van der Waals surface area contributed by atoms with Crippen LogP contribution in [0.4, 0.5) is 4.79 Å². The first kappa shape index (κ1) is 15.1. The molecule has 18 heavy (non-hydrogen) atoms. The summed E-state index contributed by atoms with van der Waals surface area (Å²) in [6.07, 6.45) is 5.37. The van der Waals surface area contributed by atoms with E-state index < -0.39 is 17.6 Å². The van der Waals surface area contributed by atoms with Crippen molar-refractivity contribution in [2.45, 2.75) is 36.5 Å². The molecule has 0 spiro atoms. The second-order valence-corrected chi connectivity index (χ2v) is 6.13. The van der Waals surface area contributed by atoms with Crippen LogP contribution in [-0.2, 0) is 4.79 Å². The number of carbonyl (C=O) groups is 2. The molecule has 0 radical (unpaired) electrons. The van der Waals surface area contributed by atoms with Crippen LogP contribution in [0.3, 0.4) is 0 Å². The highest BCUT2D eigenvalue weighted by atomic mass is 32.2. The third-order valence-corrected chi connectivity index (χ3v) is 4.74. The van der Waals surface area contributed by atoms with Gasteiger partial charge in [0.15, 0.2) is 5.60 Å². The van der Waals surface area contributed by atoms with Crippen LogP contribution in [0, 0.1) is 0 Å². The van der Waals surface area contributed by atoms with Gasteiger partial charge in [0.25, 0.3) is 0 Å². The highest BCUT2D eigenvalue weighted by Gasteiger charge is 2.36. The van der Waals surface area contributed by atoms with Gasteiger partial charge in [0.1, 0.15) is 0 Å². The molecule has 0 aromatic heterocycles. The molecular formula is C11H20N2O4S. The lowest BCUT2D eigenvalue weighted by Gasteiger charge is -2.40. The molecule has 4 N–H and O–H groups in total. The molecule has 104 valence electrons. The predicted octanol–water partition coefficient (Wildman–Crippen LogP) is 0.407. The maximum absolute atomic E-state index is 11.5. The van der Waals surface area contributed by atoms with Gasteiger partial charge in [-0.05, 0) is 26.0 Å². The molecule has 0 aromatic carbocycles. The van der Waals surface area contributed by atoms with Crippen molar-refractivity contribution in [2.75, 3.05) is 19.3 Å². The molecule has 1 unspecified atom stereocenters. The van der Waals surface area contributed by atoms with Gasteiger partial charge in [-0.1, -0.05) is 6.42 Å². The van der Waals surface area contributed by atoms with Crippen LogP contribution in [0.2, 0.25) is 0 Å². The lowest BCUT2D eigenvalue weighted by molar-refractivity contribution is -0.155. The van der Waals surface area contributed by atoms with Crippen LogP contribution in [0.25, 0.3) is 0 Å². The fourth-order valence-corrected chi connectivity index (χ4v) is 2.57. The van der Waals surface area contributed by atoms with Gasteiger partial charge < -0.3 is 20.8 Å². The summed E-state index contributed by atoms with van der Waals surface area (Å²) in [5, 5.41) is 23.2.